The maximum Gasteiger partial charge on any atom is 0.317 e. The molecule has 0 spiro atoms. The molecular weight excluding hydrogens is 232 g/mol. The van der Waals surface area contributed by atoms with Gasteiger partial charge in [0.2, 0.25) is 0 Å². The molecule has 1 saturated heterocycles. The van der Waals surface area contributed by atoms with Crippen molar-refractivity contribution >= 4 is 11.9 Å². The van der Waals surface area contributed by atoms with Crippen LogP contribution >= 0.6 is 0 Å². The van der Waals surface area contributed by atoms with Crippen LogP contribution in [0.25, 0.3) is 0 Å². The Morgan fingerprint density at radius 2 is 1.94 bits per heavy atom. The molecule has 7 unspecified atom stereocenters. The standard InChI is InChI=1S/C14H20O4/c1-6-8-3-9(5-15)10(4-8)11(6)12-7(2)13(16)18-14(12)17/h6-12,15H,3-5H2,1-2H3. The molecule has 18 heavy (non-hydrogen) atoms. The first-order chi connectivity index (χ1) is 8.54. The summed E-state index contributed by atoms with van der Waals surface area (Å²) in [5.41, 5.74) is 0. The predicted octanol–water partition coefficient (Wildman–Crippen LogP) is 1.22. The average Bonchev–Trinajstić information content (AvgIpc) is 2.94. The molecule has 3 aliphatic rings. The van der Waals surface area contributed by atoms with Crippen molar-refractivity contribution in [2.45, 2.75) is 26.7 Å². The molecule has 4 nitrogen and oxygen atoms in total. The zero-order chi connectivity index (χ0) is 13.0. The zero-order valence-electron chi connectivity index (χ0n) is 10.8. The third-order valence-corrected chi connectivity index (χ3v) is 5.66. The number of esters is 2. The molecule has 0 aromatic rings. The lowest BCUT2D eigenvalue weighted by Gasteiger charge is -2.36. The highest BCUT2D eigenvalue weighted by molar-refractivity contribution is 5.96. The van der Waals surface area contributed by atoms with Crippen molar-refractivity contribution in [3.63, 3.8) is 0 Å². The van der Waals surface area contributed by atoms with Crippen LogP contribution in [0.5, 0.6) is 0 Å². The van der Waals surface area contributed by atoms with E-state index >= 15 is 0 Å². The number of carbonyl (C=O) groups is 2. The van der Waals surface area contributed by atoms with Gasteiger partial charge in [-0.05, 0) is 42.4 Å². The van der Waals surface area contributed by atoms with Gasteiger partial charge in [0.05, 0.1) is 11.8 Å². The number of fused-ring (bicyclic) bond motifs is 2. The number of rotatable bonds is 2. The molecule has 4 heteroatoms. The van der Waals surface area contributed by atoms with Crippen LogP contribution in [-0.2, 0) is 14.3 Å². The number of aliphatic hydroxyl groups is 1. The highest BCUT2D eigenvalue weighted by atomic mass is 16.6. The van der Waals surface area contributed by atoms with Gasteiger partial charge in [-0.3, -0.25) is 9.59 Å². The molecule has 2 saturated carbocycles. The lowest BCUT2D eigenvalue weighted by atomic mass is 9.67. The molecule has 3 rings (SSSR count). The van der Waals surface area contributed by atoms with E-state index in [1.807, 2.05) is 0 Å². The van der Waals surface area contributed by atoms with E-state index in [0.29, 0.717) is 23.7 Å². The third-order valence-electron chi connectivity index (χ3n) is 5.66. The molecule has 0 radical (unpaired) electrons. The normalized spacial score (nSPS) is 50.9. The first-order valence-corrected chi connectivity index (χ1v) is 6.91. The highest BCUT2D eigenvalue weighted by Gasteiger charge is 2.58. The van der Waals surface area contributed by atoms with E-state index in [2.05, 4.69) is 6.92 Å². The Kier molecular flexibility index (Phi) is 2.73. The first kappa shape index (κ1) is 12.2. The molecule has 0 aromatic carbocycles. The predicted molar refractivity (Wildman–Crippen MR) is 63.2 cm³/mol. The third kappa shape index (κ3) is 1.48. The smallest absolute Gasteiger partial charge is 0.317 e. The van der Waals surface area contributed by atoms with Gasteiger partial charge in [-0.25, -0.2) is 0 Å². The molecule has 0 amide bonds. The van der Waals surface area contributed by atoms with Gasteiger partial charge in [-0.2, -0.15) is 0 Å². The van der Waals surface area contributed by atoms with Crippen LogP contribution in [0.1, 0.15) is 26.7 Å². The summed E-state index contributed by atoms with van der Waals surface area (Å²) in [7, 11) is 0. The summed E-state index contributed by atoms with van der Waals surface area (Å²) in [6.07, 6.45) is 2.17. The lowest BCUT2D eigenvalue weighted by Crippen LogP contribution is -2.37. The second-order valence-corrected chi connectivity index (χ2v) is 6.33. The molecule has 2 bridgehead atoms. The van der Waals surface area contributed by atoms with Crippen molar-refractivity contribution < 1.29 is 19.4 Å². The Morgan fingerprint density at radius 3 is 2.44 bits per heavy atom. The highest BCUT2D eigenvalue weighted by Crippen LogP contribution is 2.59. The number of ether oxygens (including phenoxy) is 1. The van der Waals surface area contributed by atoms with Gasteiger partial charge < -0.3 is 9.84 Å². The Bertz CT molecular complexity index is 391. The fourth-order valence-electron chi connectivity index (χ4n) is 4.71. The summed E-state index contributed by atoms with van der Waals surface area (Å²) >= 11 is 0. The Balaban J connectivity index is 1.88. The second kappa shape index (κ2) is 4.05. The van der Waals surface area contributed by atoms with E-state index in [1.165, 1.54) is 0 Å². The quantitative estimate of drug-likeness (QED) is 0.593. The minimum Gasteiger partial charge on any atom is -0.396 e. The van der Waals surface area contributed by atoms with Crippen LogP contribution in [0.2, 0.25) is 0 Å². The van der Waals surface area contributed by atoms with Gasteiger partial charge in [-0.15, -0.1) is 0 Å². The number of hydrogen-bond donors (Lipinski definition) is 1. The van der Waals surface area contributed by atoms with Crippen molar-refractivity contribution in [3.05, 3.63) is 0 Å². The van der Waals surface area contributed by atoms with E-state index in [9.17, 15) is 14.7 Å². The topological polar surface area (TPSA) is 63.6 Å². The summed E-state index contributed by atoms with van der Waals surface area (Å²) in [6, 6.07) is 0. The minimum absolute atomic E-state index is 0.203. The molecule has 7 atom stereocenters. The largest absolute Gasteiger partial charge is 0.396 e. The summed E-state index contributed by atoms with van der Waals surface area (Å²) in [5, 5.41) is 9.44. The van der Waals surface area contributed by atoms with Gasteiger partial charge in [0.15, 0.2) is 0 Å². The van der Waals surface area contributed by atoms with Crippen molar-refractivity contribution in [1.82, 2.24) is 0 Å². The number of cyclic esters (lactones) is 2. The second-order valence-electron chi connectivity index (χ2n) is 6.33. The van der Waals surface area contributed by atoms with Crippen LogP contribution in [0, 0.1) is 41.4 Å². The minimum atomic E-state index is -0.375. The summed E-state index contributed by atoms with van der Waals surface area (Å²) in [6.45, 7) is 4.19. The van der Waals surface area contributed by atoms with Gasteiger partial charge in [0.25, 0.3) is 0 Å². The van der Waals surface area contributed by atoms with Crippen LogP contribution < -0.4 is 0 Å². The zero-order valence-corrected chi connectivity index (χ0v) is 10.8. The monoisotopic (exact) mass is 252 g/mol. The Labute approximate surface area is 107 Å². The molecule has 1 heterocycles. The Morgan fingerprint density at radius 1 is 1.22 bits per heavy atom. The average molecular weight is 252 g/mol. The maximum absolute atomic E-state index is 11.9. The van der Waals surface area contributed by atoms with E-state index in [4.69, 9.17) is 4.74 Å². The van der Waals surface area contributed by atoms with Crippen LogP contribution in [0.3, 0.4) is 0 Å². The van der Waals surface area contributed by atoms with Crippen LogP contribution in [0.15, 0.2) is 0 Å². The summed E-state index contributed by atoms with van der Waals surface area (Å²) in [4.78, 5) is 23.4. The fraction of sp³-hybridized carbons (Fsp3) is 0.857. The van der Waals surface area contributed by atoms with Crippen LogP contribution in [0.4, 0.5) is 0 Å². The molecule has 3 fully saturated rings. The number of carbonyl (C=O) groups excluding carboxylic acids is 2. The van der Waals surface area contributed by atoms with E-state index in [-0.39, 0.29) is 36.3 Å². The van der Waals surface area contributed by atoms with Gasteiger partial charge in [-0.1, -0.05) is 13.8 Å². The maximum atomic E-state index is 11.9. The van der Waals surface area contributed by atoms with Gasteiger partial charge in [0, 0.05) is 6.61 Å². The summed E-state index contributed by atoms with van der Waals surface area (Å²) < 4.78 is 4.78. The molecule has 0 aromatic heterocycles. The number of aliphatic hydroxyl groups excluding tert-OH is 1. The Hall–Kier alpha value is -0.900. The molecule has 1 aliphatic heterocycles. The van der Waals surface area contributed by atoms with Crippen LogP contribution in [-0.4, -0.2) is 23.7 Å². The fourth-order valence-corrected chi connectivity index (χ4v) is 4.71. The van der Waals surface area contributed by atoms with Gasteiger partial charge >= 0.3 is 11.9 Å². The van der Waals surface area contributed by atoms with Crippen molar-refractivity contribution in [1.29, 1.82) is 0 Å². The molecule has 2 aliphatic carbocycles. The van der Waals surface area contributed by atoms with Crippen molar-refractivity contribution in [3.8, 4) is 0 Å². The van der Waals surface area contributed by atoms with E-state index in [1.54, 1.807) is 6.92 Å². The SMILES string of the molecule is CC1C(=O)OC(=O)C1C1C(C)C2CC(CO)C1C2. The molecule has 1 N–H and O–H groups in total. The first-order valence-electron chi connectivity index (χ1n) is 6.91. The lowest BCUT2D eigenvalue weighted by molar-refractivity contribution is -0.154. The van der Waals surface area contributed by atoms with E-state index in [0.717, 1.165) is 12.8 Å². The van der Waals surface area contributed by atoms with E-state index < -0.39 is 0 Å². The number of hydrogen-bond acceptors (Lipinski definition) is 4. The summed E-state index contributed by atoms with van der Waals surface area (Å²) in [5.74, 6) is 0.675. The van der Waals surface area contributed by atoms with Crippen molar-refractivity contribution in [2.24, 2.45) is 41.4 Å². The molecule has 100 valence electrons. The van der Waals surface area contributed by atoms with Gasteiger partial charge in [0.1, 0.15) is 0 Å². The van der Waals surface area contributed by atoms with Crippen molar-refractivity contribution in [2.75, 3.05) is 6.61 Å². The molecular formula is C14H20O4.